The van der Waals surface area contributed by atoms with E-state index in [9.17, 15) is 0 Å². The van der Waals surface area contributed by atoms with Gasteiger partial charge in [0.2, 0.25) is 5.82 Å². The van der Waals surface area contributed by atoms with E-state index < -0.39 is 0 Å². The van der Waals surface area contributed by atoms with E-state index in [1.54, 1.807) is 12.1 Å². The van der Waals surface area contributed by atoms with Crippen LogP contribution in [-0.4, -0.2) is 20.4 Å². The maximum absolute atomic E-state index is 5.86. The third kappa shape index (κ3) is 2.78. The van der Waals surface area contributed by atoms with Gasteiger partial charge in [-0.2, -0.15) is 0 Å². The Bertz CT molecular complexity index is 682. The first kappa shape index (κ1) is 12.6. The molecule has 0 unspecified atom stereocenters. The molecule has 0 radical (unpaired) electrons. The van der Waals surface area contributed by atoms with Crippen LogP contribution in [-0.2, 0) is 6.61 Å². The summed E-state index contributed by atoms with van der Waals surface area (Å²) >= 11 is 5.86. The Balaban J connectivity index is 1.78. The first-order valence-electron chi connectivity index (χ1n) is 6.04. The average Bonchev–Trinajstić information content (AvgIpc) is 2.95. The molecule has 0 aliphatic rings. The van der Waals surface area contributed by atoms with Crippen LogP contribution >= 0.6 is 11.6 Å². The van der Waals surface area contributed by atoms with Gasteiger partial charge in [-0.1, -0.05) is 46.8 Å². The fourth-order valence-electron chi connectivity index (χ4n) is 1.74. The number of tetrazole rings is 1. The second-order valence-electron chi connectivity index (χ2n) is 4.14. The van der Waals surface area contributed by atoms with Crippen molar-refractivity contribution in [2.24, 2.45) is 0 Å². The van der Waals surface area contributed by atoms with E-state index in [0.29, 0.717) is 17.5 Å². The van der Waals surface area contributed by atoms with Gasteiger partial charge in [-0.15, -0.1) is 5.10 Å². The molecule has 0 aliphatic carbocycles. The number of rotatable bonds is 4. The highest BCUT2D eigenvalue weighted by atomic mass is 35.5. The highest BCUT2D eigenvalue weighted by molar-refractivity contribution is 6.30. The lowest BCUT2D eigenvalue weighted by atomic mass is 10.2. The molecule has 0 saturated carbocycles. The van der Waals surface area contributed by atoms with Crippen molar-refractivity contribution in [2.75, 3.05) is 0 Å². The second kappa shape index (κ2) is 5.71. The van der Waals surface area contributed by atoms with Crippen LogP contribution in [0.25, 0.3) is 11.4 Å². The number of hydrogen-bond donors (Lipinski definition) is 0. The molecule has 3 rings (SSSR count). The topological polar surface area (TPSA) is 52.8 Å². The molecule has 0 amide bonds. The van der Waals surface area contributed by atoms with E-state index in [2.05, 4.69) is 15.5 Å². The fraction of sp³-hybridized carbons (Fsp3) is 0.0714. The Morgan fingerprint density at radius 1 is 1.00 bits per heavy atom. The maximum atomic E-state index is 5.86. The van der Waals surface area contributed by atoms with Crippen LogP contribution < -0.4 is 4.84 Å². The third-order valence-corrected chi connectivity index (χ3v) is 2.99. The van der Waals surface area contributed by atoms with Crippen LogP contribution in [0.1, 0.15) is 5.56 Å². The Hall–Kier alpha value is -2.40. The van der Waals surface area contributed by atoms with Crippen LogP contribution in [0.15, 0.2) is 54.6 Å². The number of hydrogen-bond acceptors (Lipinski definition) is 4. The summed E-state index contributed by atoms with van der Waals surface area (Å²) in [5.74, 6) is 0.539. The minimum atomic E-state index is 0.395. The van der Waals surface area contributed by atoms with Crippen molar-refractivity contribution in [1.82, 2.24) is 20.4 Å². The molecule has 0 aliphatic heterocycles. The molecule has 0 atom stereocenters. The Morgan fingerprint density at radius 3 is 2.50 bits per heavy atom. The highest BCUT2D eigenvalue weighted by Crippen LogP contribution is 2.18. The van der Waals surface area contributed by atoms with E-state index in [-0.39, 0.29) is 0 Å². The van der Waals surface area contributed by atoms with E-state index in [1.807, 2.05) is 42.5 Å². The predicted octanol–water partition coefficient (Wildman–Crippen LogP) is 2.62. The molecular weight excluding hydrogens is 276 g/mol. The summed E-state index contributed by atoms with van der Waals surface area (Å²) in [4.78, 5) is 6.91. The van der Waals surface area contributed by atoms with Gasteiger partial charge in [-0.3, -0.25) is 0 Å². The Morgan fingerprint density at radius 2 is 1.75 bits per heavy atom. The standard InChI is InChI=1S/C14H11ClN4O/c15-13-8-6-12(7-9-13)14-16-17-18-19(14)20-10-11-4-2-1-3-5-11/h1-9H,10H2. The zero-order valence-electron chi connectivity index (χ0n) is 10.5. The van der Waals surface area contributed by atoms with Crippen molar-refractivity contribution in [3.05, 3.63) is 65.2 Å². The van der Waals surface area contributed by atoms with Crippen molar-refractivity contribution >= 4 is 11.6 Å². The zero-order valence-corrected chi connectivity index (χ0v) is 11.2. The van der Waals surface area contributed by atoms with Crippen molar-refractivity contribution in [3.8, 4) is 11.4 Å². The van der Waals surface area contributed by atoms with Crippen LogP contribution in [0.5, 0.6) is 0 Å². The van der Waals surface area contributed by atoms with Gasteiger partial charge < -0.3 is 4.84 Å². The normalized spacial score (nSPS) is 10.4. The van der Waals surface area contributed by atoms with Gasteiger partial charge in [0.15, 0.2) is 0 Å². The molecule has 2 aromatic carbocycles. The molecule has 100 valence electrons. The van der Waals surface area contributed by atoms with Gasteiger partial charge >= 0.3 is 0 Å². The molecule has 3 aromatic rings. The maximum Gasteiger partial charge on any atom is 0.222 e. The Kier molecular flexibility index (Phi) is 3.60. The molecule has 0 N–H and O–H groups in total. The summed E-state index contributed by atoms with van der Waals surface area (Å²) in [5, 5.41) is 12.1. The largest absolute Gasteiger partial charge is 0.389 e. The quantitative estimate of drug-likeness (QED) is 0.740. The molecule has 0 fully saturated rings. The smallest absolute Gasteiger partial charge is 0.222 e. The highest BCUT2D eigenvalue weighted by Gasteiger charge is 2.09. The summed E-state index contributed by atoms with van der Waals surface area (Å²) in [6, 6.07) is 17.1. The number of nitrogens with zero attached hydrogens (tertiary/aromatic N) is 4. The Labute approximate surface area is 120 Å². The lowest BCUT2D eigenvalue weighted by molar-refractivity contribution is 0.0695. The van der Waals surface area contributed by atoms with Crippen molar-refractivity contribution in [2.45, 2.75) is 6.61 Å². The minimum absolute atomic E-state index is 0.395. The summed E-state index contributed by atoms with van der Waals surface area (Å²) in [5.41, 5.74) is 1.89. The van der Waals surface area contributed by atoms with E-state index in [4.69, 9.17) is 16.4 Å². The van der Waals surface area contributed by atoms with Gasteiger partial charge in [0.05, 0.1) is 0 Å². The van der Waals surface area contributed by atoms with E-state index in [0.717, 1.165) is 11.1 Å². The van der Waals surface area contributed by atoms with Gasteiger partial charge in [0.1, 0.15) is 6.61 Å². The SMILES string of the molecule is Clc1ccc(-c2nnnn2OCc2ccccc2)cc1. The van der Waals surface area contributed by atoms with Crippen LogP contribution in [0, 0.1) is 0 Å². The van der Waals surface area contributed by atoms with Gasteiger partial charge in [-0.05, 0) is 40.3 Å². The van der Waals surface area contributed by atoms with Crippen molar-refractivity contribution in [1.29, 1.82) is 0 Å². The van der Waals surface area contributed by atoms with Gasteiger partial charge in [-0.25, -0.2) is 0 Å². The lowest BCUT2D eigenvalue weighted by Gasteiger charge is -2.06. The van der Waals surface area contributed by atoms with Crippen LogP contribution in [0.2, 0.25) is 5.02 Å². The lowest BCUT2D eigenvalue weighted by Crippen LogP contribution is -2.14. The molecule has 0 saturated heterocycles. The van der Waals surface area contributed by atoms with E-state index in [1.165, 1.54) is 4.85 Å². The summed E-state index contributed by atoms with van der Waals surface area (Å²) in [6.07, 6.45) is 0. The fourth-order valence-corrected chi connectivity index (χ4v) is 1.87. The first-order valence-corrected chi connectivity index (χ1v) is 6.42. The molecule has 20 heavy (non-hydrogen) atoms. The van der Waals surface area contributed by atoms with Crippen molar-refractivity contribution in [3.63, 3.8) is 0 Å². The predicted molar refractivity (Wildman–Crippen MR) is 75.0 cm³/mol. The minimum Gasteiger partial charge on any atom is -0.389 e. The number of aromatic nitrogens is 4. The van der Waals surface area contributed by atoms with E-state index >= 15 is 0 Å². The molecule has 5 nitrogen and oxygen atoms in total. The van der Waals surface area contributed by atoms with Crippen LogP contribution in [0.4, 0.5) is 0 Å². The zero-order chi connectivity index (χ0) is 13.8. The van der Waals surface area contributed by atoms with Gasteiger partial charge in [0.25, 0.3) is 0 Å². The van der Waals surface area contributed by atoms with Crippen LogP contribution in [0.3, 0.4) is 0 Å². The molecular formula is C14H11ClN4O. The number of benzene rings is 2. The monoisotopic (exact) mass is 286 g/mol. The summed E-state index contributed by atoms with van der Waals surface area (Å²) < 4.78 is 0. The second-order valence-corrected chi connectivity index (χ2v) is 4.58. The molecule has 1 heterocycles. The van der Waals surface area contributed by atoms with Gasteiger partial charge in [0, 0.05) is 10.6 Å². The third-order valence-electron chi connectivity index (χ3n) is 2.74. The number of halogens is 1. The molecule has 0 bridgehead atoms. The summed E-state index contributed by atoms with van der Waals surface area (Å²) in [7, 11) is 0. The average molecular weight is 287 g/mol. The molecule has 0 spiro atoms. The molecule has 1 aromatic heterocycles. The summed E-state index contributed by atoms with van der Waals surface area (Å²) in [6.45, 7) is 0.395. The van der Waals surface area contributed by atoms with Crippen molar-refractivity contribution < 1.29 is 4.84 Å². The first-order chi connectivity index (χ1) is 9.83. The molecule has 6 heteroatoms.